The average molecular weight is 283 g/mol. The summed E-state index contributed by atoms with van der Waals surface area (Å²) >= 11 is 3.43. The number of halogens is 1. The summed E-state index contributed by atoms with van der Waals surface area (Å²) in [4.78, 5) is 0. The maximum Gasteiger partial charge on any atom is 0.122 e. The third-order valence-electron chi connectivity index (χ3n) is 2.37. The Kier molecular flexibility index (Phi) is 6.98. The molecule has 1 rings (SSSR count). The van der Waals surface area contributed by atoms with E-state index >= 15 is 0 Å². The smallest absolute Gasteiger partial charge is 0.122 e. The molecule has 88 valence electrons. The van der Waals surface area contributed by atoms with Crippen LogP contribution in [-0.4, -0.2) is 11.9 Å². The predicted octanol–water partition coefficient (Wildman–Crippen LogP) is 4.36. The summed E-state index contributed by atoms with van der Waals surface area (Å²) in [5.41, 5.74) is 1.22. The van der Waals surface area contributed by atoms with Crippen LogP contribution < -0.4 is 4.74 Å². The SMILES string of the molecule is C=CCc1ccccc1OCCCCCBr. The standard InChI is InChI=1S/C14H19BrO/c1-2-8-13-9-4-5-10-14(13)16-12-7-3-6-11-15/h2,4-5,9-10H,1,3,6-8,11-12H2. The second kappa shape index (κ2) is 8.40. The lowest BCUT2D eigenvalue weighted by Gasteiger charge is -2.09. The van der Waals surface area contributed by atoms with Crippen LogP contribution in [0.1, 0.15) is 24.8 Å². The number of allylic oxidation sites excluding steroid dienone is 1. The molecule has 0 aliphatic carbocycles. The molecule has 0 radical (unpaired) electrons. The molecule has 16 heavy (non-hydrogen) atoms. The van der Waals surface area contributed by atoms with Crippen molar-refractivity contribution in [1.29, 1.82) is 0 Å². The summed E-state index contributed by atoms with van der Waals surface area (Å²) in [6.45, 7) is 4.56. The Morgan fingerprint density at radius 1 is 1.19 bits per heavy atom. The van der Waals surface area contributed by atoms with Gasteiger partial charge in [-0.25, -0.2) is 0 Å². The van der Waals surface area contributed by atoms with Gasteiger partial charge < -0.3 is 4.74 Å². The van der Waals surface area contributed by atoms with Crippen LogP contribution in [0.4, 0.5) is 0 Å². The number of ether oxygens (including phenoxy) is 1. The summed E-state index contributed by atoms with van der Waals surface area (Å²) in [6, 6.07) is 8.18. The molecular weight excluding hydrogens is 264 g/mol. The summed E-state index contributed by atoms with van der Waals surface area (Å²) in [6.07, 6.45) is 6.34. The van der Waals surface area contributed by atoms with Gasteiger partial charge >= 0.3 is 0 Å². The van der Waals surface area contributed by atoms with Gasteiger partial charge in [0, 0.05) is 5.33 Å². The highest BCUT2D eigenvalue weighted by atomic mass is 79.9. The van der Waals surface area contributed by atoms with E-state index in [-0.39, 0.29) is 0 Å². The van der Waals surface area contributed by atoms with Crippen molar-refractivity contribution < 1.29 is 4.74 Å². The molecule has 1 aromatic rings. The second-order valence-electron chi connectivity index (χ2n) is 3.70. The van der Waals surface area contributed by atoms with Crippen LogP contribution in [0.2, 0.25) is 0 Å². The molecule has 0 aromatic heterocycles. The molecule has 0 aliphatic heterocycles. The van der Waals surface area contributed by atoms with Crippen LogP contribution in [0.15, 0.2) is 36.9 Å². The molecule has 0 bridgehead atoms. The number of rotatable bonds is 8. The zero-order valence-corrected chi connectivity index (χ0v) is 11.2. The van der Waals surface area contributed by atoms with Gasteiger partial charge in [-0.05, 0) is 37.3 Å². The zero-order valence-electron chi connectivity index (χ0n) is 9.62. The van der Waals surface area contributed by atoms with Gasteiger partial charge in [0.2, 0.25) is 0 Å². The number of hydrogen-bond acceptors (Lipinski definition) is 1. The maximum absolute atomic E-state index is 5.77. The molecule has 1 nitrogen and oxygen atoms in total. The minimum absolute atomic E-state index is 0.807. The fraction of sp³-hybridized carbons (Fsp3) is 0.429. The predicted molar refractivity (Wildman–Crippen MR) is 73.5 cm³/mol. The molecule has 0 saturated heterocycles. The first kappa shape index (κ1) is 13.3. The number of benzene rings is 1. The summed E-state index contributed by atoms with van der Waals surface area (Å²) < 4.78 is 5.77. The molecule has 0 heterocycles. The van der Waals surface area contributed by atoms with E-state index in [9.17, 15) is 0 Å². The molecule has 0 atom stereocenters. The van der Waals surface area contributed by atoms with Crippen LogP contribution >= 0.6 is 15.9 Å². The van der Waals surface area contributed by atoms with Crippen molar-refractivity contribution in [2.24, 2.45) is 0 Å². The van der Waals surface area contributed by atoms with Crippen molar-refractivity contribution in [3.8, 4) is 5.75 Å². The topological polar surface area (TPSA) is 9.23 Å². The summed E-state index contributed by atoms with van der Waals surface area (Å²) in [7, 11) is 0. The molecule has 0 aliphatic rings. The lowest BCUT2D eigenvalue weighted by Crippen LogP contribution is -2.00. The summed E-state index contributed by atoms with van der Waals surface area (Å²) in [5, 5.41) is 1.08. The Morgan fingerprint density at radius 3 is 2.75 bits per heavy atom. The van der Waals surface area contributed by atoms with E-state index in [1.807, 2.05) is 24.3 Å². The highest BCUT2D eigenvalue weighted by molar-refractivity contribution is 9.09. The van der Waals surface area contributed by atoms with Crippen molar-refractivity contribution in [3.05, 3.63) is 42.5 Å². The number of hydrogen-bond donors (Lipinski definition) is 0. The van der Waals surface area contributed by atoms with Gasteiger partial charge in [0.25, 0.3) is 0 Å². The quantitative estimate of drug-likeness (QED) is 0.391. The van der Waals surface area contributed by atoms with Gasteiger partial charge in [-0.1, -0.05) is 40.2 Å². The number of para-hydroxylation sites is 1. The summed E-state index contributed by atoms with van der Waals surface area (Å²) in [5.74, 6) is 1.00. The van der Waals surface area contributed by atoms with E-state index in [4.69, 9.17) is 4.74 Å². The Balaban J connectivity index is 2.37. The molecule has 0 N–H and O–H groups in total. The van der Waals surface area contributed by atoms with E-state index in [0.717, 1.165) is 30.5 Å². The normalized spacial score (nSPS) is 10.1. The van der Waals surface area contributed by atoms with Crippen LogP contribution in [0.5, 0.6) is 5.75 Å². The van der Waals surface area contributed by atoms with Gasteiger partial charge in [-0.2, -0.15) is 0 Å². The third kappa shape index (κ3) is 4.84. The fourth-order valence-corrected chi connectivity index (χ4v) is 1.92. The van der Waals surface area contributed by atoms with E-state index in [1.165, 1.54) is 18.4 Å². The van der Waals surface area contributed by atoms with Gasteiger partial charge in [-0.15, -0.1) is 6.58 Å². The van der Waals surface area contributed by atoms with Gasteiger partial charge in [0.1, 0.15) is 5.75 Å². The van der Waals surface area contributed by atoms with Crippen LogP contribution in [0.3, 0.4) is 0 Å². The number of unbranched alkanes of at least 4 members (excludes halogenated alkanes) is 2. The zero-order chi connectivity index (χ0) is 11.6. The van der Waals surface area contributed by atoms with Crippen molar-refractivity contribution in [2.45, 2.75) is 25.7 Å². The third-order valence-corrected chi connectivity index (χ3v) is 2.93. The highest BCUT2D eigenvalue weighted by Crippen LogP contribution is 2.19. The number of alkyl halides is 1. The fourth-order valence-electron chi connectivity index (χ4n) is 1.52. The van der Waals surface area contributed by atoms with Crippen molar-refractivity contribution in [2.75, 3.05) is 11.9 Å². The molecule has 0 saturated carbocycles. The Labute approximate surface area is 107 Å². The molecule has 0 unspecified atom stereocenters. The first-order valence-electron chi connectivity index (χ1n) is 5.76. The van der Waals surface area contributed by atoms with Gasteiger partial charge in [0.15, 0.2) is 0 Å². The van der Waals surface area contributed by atoms with Crippen molar-refractivity contribution in [1.82, 2.24) is 0 Å². The average Bonchev–Trinajstić information content (AvgIpc) is 2.31. The van der Waals surface area contributed by atoms with Crippen LogP contribution in [0, 0.1) is 0 Å². The molecule has 0 amide bonds. The van der Waals surface area contributed by atoms with E-state index in [2.05, 4.69) is 28.6 Å². The van der Waals surface area contributed by atoms with Gasteiger partial charge in [-0.3, -0.25) is 0 Å². The molecule has 0 fully saturated rings. The van der Waals surface area contributed by atoms with E-state index in [0.29, 0.717) is 0 Å². The minimum atomic E-state index is 0.807. The maximum atomic E-state index is 5.77. The lowest BCUT2D eigenvalue weighted by molar-refractivity contribution is 0.304. The van der Waals surface area contributed by atoms with E-state index < -0.39 is 0 Å². The Hall–Kier alpha value is -0.760. The monoisotopic (exact) mass is 282 g/mol. The first-order chi connectivity index (χ1) is 7.88. The molecular formula is C14H19BrO. The van der Waals surface area contributed by atoms with Crippen LogP contribution in [0.25, 0.3) is 0 Å². The highest BCUT2D eigenvalue weighted by Gasteiger charge is 2.00. The Bertz CT molecular complexity index is 309. The molecule has 2 heteroatoms. The second-order valence-corrected chi connectivity index (χ2v) is 4.49. The molecule has 0 spiro atoms. The van der Waals surface area contributed by atoms with Crippen LogP contribution in [-0.2, 0) is 6.42 Å². The molecule has 1 aromatic carbocycles. The Morgan fingerprint density at radius 2 is 2.00 bits per heavy atom. The lowest BCUT2D eigenvalue weighted by atomic mass is 10.1. The first-order valence-corrected chi connectivity index (χ1v) is 6.88. The van der Waals surface area contributed by atoms with Crippen molar-refractivity contribution in [3.63, 3.8) is 0 Å². The minimum Gasteiger partial charge on any atom is -0.493 e. The van der Waals surface area contributed by atoms with Crippen molar-refractivity contribution >= 4 is 15.9 Å². The largest absolute Gasteiger partial charge is 0.493 e. The van der Waals surface area contributed by atoms with E-state index in [1.54, 1.807) is 0 Å². The van der Waals surface area contributed by atoms with Gasteiger partial charge in [0.05, 0.1) is 6.61 Å².